The molecule has 1 aliphatic rings. The Bertz CT molecular complexity index is 3250. The van der Waals surface area contributed by atoms with Crippen molar-refractivity contribution < 1.29 is 19.8 Å². The highest BCUT2D eigenvalue weighted by atomic mass is 32.1. The number of fused-ring (bicyclic) bond motifs is 9. The summed E-state index contributed by atoms with van der Waals surface area (Å²) < 4.78 is 9.60. The Balaban J connectivity index is 1.16. The molecule has 378 valence electrons. The smallest absolute Gasteiger partial charge is 0.346 e. The third kappa shape index (κ3) is 10.4. The molecule has 73 heavy (non-hydrogen) atoms. The van der Waals surface area contributed by atoms with E-state index in [0.717, 1.165) is 107 Å². The van der Waals surface area contributed by atoms with Gasteiger partial charge in [-0.15, -0.1) is 45.3 Å². The number of carbonyl (C=O) groups is 2. The lowest BCUT2D eigenvalue weighted by Crippen LogP contribution is -2.25. The molecule has 0 radical (unpaired) electrons. The molecule has 0 bridgehead atoms. The van der Waals surface area contributed by atoms with Gasteiger partial charge >= 0.3 is 11.9 Å². The van der Waals surface area contributed by atoms with E-state index in [4.69, 9.17) is 0 Å². The van der Waals surface area contributed by atoms with Crippen LogP contribution in [0.3, 0.4) is 0 Å². The minimum atomic E-state index is -1.21. The Labute approximate surface area is 445 Å². The van der Waals surface area contributed by atoms with Crippen molar-refractivity contribution in [1.82, 2.24) is 9.13 Å². The van der Waals surface area contributed by atoms with Crippen molar-refractivity contribution in [3.05, 3.63) is 92.7 Å². The number of hydrogen-bond acceptors (Lipinski definition) is 8. The predicted octanol–water partition coefficient (Wildman–Crippen LogP) is 18.8. The van der Waals surface area contributed by atoms with Crippen LogP contribution in [0.1, 0.15) is 164 Å². The molecule has 0 amide bonds. The third-order valence-corrected chi connectivity index (χ3v) is 19.9. The number of aryl methyl sites for hydroxylation is 2. The van der Waals surface area contributed by atoms with Crippen LogP contribution in [-0.2, 0) is 28.1 Å². The summed E-state index contributed by atoms with van der Waals surface area (Å²) in [6.45, 7) is 10.8. The van der Waals surface area contributed by atoms with Crippen LogP contribution < -0.4 is 0 Å². The maximum Gasteiger partial charge on any atom is 0.346 e. The third-order valence-electron chi connectivity index (χ3n) is 15.1. The number of thiophene rings is 4. The first-order chi connectivity index (χ1) is 35.6. The Morgan fingerprint density at radius 2 is 0.877 bits per heavy atom. The highest BCUT2D eigenvalue weighted by molar-refractivity contribution is 7.30. The van der Waals surface area contributed by atoms with E-state index in [1.165, 1.54) is 127 Å². The number of hydrogen-bond donors (Lipinski definition) is 2. The minimum Gasteiger partial charge on any atom is -0.477 e. The van der Waals surface area contributed by atoms with Gasteiger partial charge in [-0.25, -0.2) is 9.59 Å². The molecule has 2 N–H and O–H groups in total. The molecule has 0 spiro atoms. The molecule has 2 aromatic carbocycles. The minimum absolute atomic E-state index is 0.149. The van der Waals surface area contributed by atoms with E-state index < -0.39 is 11.9 Å². The average Bonchev–Trinajstić information content (AvgIpc) is 4.27. The van der Waals surface area contributed by atoms with Gasteiger partial charge in [0.15, 0.2) is 0 Å². The van der Waals surface area contributed by atoms with Crippen molar-refractivity contribution in [2.24, 2.45) is 0 Å². The number of unbranched alkanes of at least 4 members (excludes halogenated alkanes) is 12. The Hall–Kier alpha value is -5.76. The first-order valence-electron chi connectivity index (χ1n) is 26.7. The molecule has 0 aliphatic heterocycles. The summed E-state index contributed by atoms with van der Waals surface area (Å²) in [6, 6.07) is 27.2. The SMILES string of the molecule is CCCCCCn1c2cc(/C=C(\C#N)C(=O)O)sc2c2sc(-c3ccc4c(c3)C(CCCCCC)(CCCCCC)c3cc(-c5cc6c(s5)c5sc(/C=C(\C#N)C(=O)O)cc5n6CCCCCC)ccc3-4)cc21. The molecule has 0 saturated carbocycles. The van der Waals surface area contributed by atoms with E-state index in [2.05, 4.69) is 97.5 Å². The van der Waals surface area contributed by atoms with Crippen LogP contribution >= 0.6 is 45.3 Å². The summed E-state index contributed by atoms with van der Waals surface area (Å²) in [5, 5.41) is 38.5. The molecule has 0 atom stereocenters. The molecular weight excluding hydrogens is 981 g/mol. The van der Waals surface area contributed by atoms with E-state index >= 15 is 0 Å². The highest BCUT2D eigenvalue weighted by Gasteiger charge is 2.43. The lowest BCUT2D eigenvalue weighted by atomic mass is 9.70. The lowest BCUT2D eigenvalue weighted by Gasteiger charge is -2.33. The fourth-order valence-electron chi connectivity index (χ4n) is 11.3. The summed E-state index contributed by atoms with van der Waals surface area (Å²) >= 11 is 6.81. The second-order valence-electron chi connectivity index (χ2n) is 20.0. The van der Waals surface area contributed by atoms with Crippen molar-refractivity contribution in [2.75, 3.05) is 0 Å². The first-order valence-corrected chi connectivity index (χ1v) is 30.0. The average molecular weight is 1050 g/mol. The molecular formula is C61H66N4O4S4. The van der Waals surface area contributed by atoms with Crippen LogP contribution in [0.15, 0.2) is 71.8 Å². The molecule has 0 unspecified atom stereocenters. The number of carboxylic acid groups (broad SMARTS) is 2. The number of carboxylic acids is 2. The highest BCUT2D eigenvalue weighted by Crippen LogP contribution is 2.57. The van der Waals surface area contributed by atoms with E-state index in [1.807, 2.05) is 34.8 Å². The van der Waals surface area contributed by atoms with E-state index in [0.29, 0.717) is 0 Å². The number of aliphatic carboxylic acids is 2. The second-order valence-corrected chi connectivity index (χ2v) is 24.2. The van der Waals surface area contributed by atoms with Crippen LogP contribution in [0.4, 0.5) is 0 Å². The molecule has 12 heteroatoms. The zero-order valence-electron chi connectivity index (χ0n) is 42.7. The van der Waals surface area contributed by atoms with Crippen LogP contribution in [0.2, 0.25) is 0 Å². The second kappa shape index (κ2) is 23.2. The van der Waals surface area contributed by atoms with Crippen molar-refractivity contribution in [3.8, 4) is 44.1 Å². The van der Waals surface area contributed by atoms with Crippen LogP contribution in [0.5, 0.6) is 0 Å². The van der Waals surface area contributed by atoms with E-state index in [9.17, 15) is 30.3 Å². The number of benzene rings is 2. The van der Waals surface area contributed by atoms with E-state index in [-0.39, 0.29) is 16.6 Å². The molecule has 0 fully saturated rings. The van der Waals surface area contributed by atoms with Crippen molar-refractivity contribution in [2.45, 2.75) is 162 Å². The zero-order valence-corrected chi connectivity index (χ0v) is 46.0. The van der Waals surface area contributed by atoms with Crippen LogP contribution in [-0.4, -0.2) is 31.3 Å². The van der Waals surface area contributed by atoms with Gasteiger partial charge in [-0.3, -0.25) is 0 Å². The fraction of sp³-hybridized carbons (Fsp3) is 0.410. The molecule has 6 aromatic heterocycles. The van der Waals surface area contributed by atoms with Gasteiger partial charge in [0.2, 0.25) is 0 Å². The van der Waals surface area contributed by atoms with Crippen LogP contribution in [0, 0.1) is 22.7 Å². The van der Waals surface area contributed by atoms with Crippen molar-refractivity contribution >= 4 is 110 Å². The van der Waals surface area contributed by atoms with Crippen molar-refractivity contribution in [3.63, 3.8) is 0 Å². The summed E-state index contributed by atoms with van der Waals surface area (Å²) in [5.74, 6) is -2.41. The quantitative estimate of drug-likeness (QED) is 0.0315. The maximum atomic E-state index is 11.8. The topological polar surface area (TPSA) is 132 Å². The molecule has 1 aliphatic carbocycles. The summed E-state index contributed by atoms with van der Waals surface area (Å²) in [6.07, 6.45) is 23.9. The Kier molecular flexibility index (Phi) is 16.6. The van der Waals surface area contributed by atoms with Gasteiger partial charge in [-0.2, -0.15) is 10.5 Å². The number of nitrogens with zero attached hydrogens (tertiary/aromatic N) is 4. The van der Waals surface area contributed by atoms with Gasteiger partial charge in [-0.05, 0) is 108 Å². The van der Waals surface area contributed by atoms with Crippen LogP contribution in [0.25, 0.3) is 85.0 Å². The van der Waals surface area contributed by atoms with Gasteiger partial charge in [0.05, 0.1) is 40.9 Å². The van der Waals surface area contributed by atoms with Crippen molar-refractivity contribution in [1.29, 1.82) is 10.5 Å². The molecule has 9 rings (SSSR count). The van der Waals surface area contributed by atoms with Gasteiger partial charge < -0.3 is 19.3 Å². The number of aromatic nitrogens is 2. The summed E-state index contributed by atoms with van der Waals surface area (Å²) in [4.78, 5) is 27.7. The zero-order chi connectivity index (χ0) is 51.2. The Morgan fingerprint density at radius 1 is 0.507 bits per heavy atom. The van der Waals surface area contributed by atoms with Gasteiger partial charge in [0, 0.05) is 38.0 Å². The maximum absolute atomic E-state index is 11.8. The number of nitriles is 2. The van der Waals surface area contributed by atoms with Gasteiger partial charge in [0.1, 0.15) is 23.3 Å². The predicted molar refractivity (Wildman–Crippen MR) is 309 cm³/mol. The first kappa shape index (κ1) is 52.1. The number of rotatable bonds is 26. The Morgan fingerprint density at radius 3 is 1.25 bits per heavy atom. The van der Waals surface area contributed by atoms with E-state index in [1.54, 1.807) is 22.7 Å². The summed E-state index contributed by atoms with van der Waals surface area (Å²) in [7, 11) is 0. The lowest BCUT2D eigenvalue weighted by molar-refractivity contribution is -0.133. The summed E-state index contributed by atoms with van der Waals surface area (Å²) in [5.41, 5.74) is 12.1. The molecule has 8 aromatic rings. The largest absolute Gasteiger partial charge is 0.477 e. The normalized spacial score (nSPS) is 13.4. The molecule has 6 heterocycles. The standard InChI is InChI=1S/C61H66N4O4S4/c1-5-9-13-17-25-61(26-18-14-10-6-2)47-31-39(53-35-51-57(72-53)55-49(64(51)27-19-15-11-7-3)33-43(70-55)29-41(37-62)59(66)67)21-23-45(47)46-24-22-40(32-48(46)61)54-36-52-58(73-54)56-50(65(52)28-20-16-12-8-4)34-44(71-56)30-42(38-63)60(68)69/h21-24,29-36H,5-20,25-28H2,1-4H3,(H,66,67)(H,68,69)/b41-29+,42-30+. The fourth-order valence-corrected chi connectivity index (χ4v) is 16.1. The monoisotopic (exact) mass is 1050 g/mol. The van der Waals surface area contributed by atoms with Gasteiger partial charge in [0.25, 0.3) is 0 Å². The molecule has 0 saturated heterocycles. The molecule has 8 nitrogen and oxygen atoms in total. The van der Waals surface area contributed by atoms with Gasteiger partial charge in [-0.1, -0.05) is 142 Å².